The van der Waals surface area contributed by atoms with Crippen LogP contribution < -0.4 is 0 Å². The molecule has 2 aliphatic heterocycles. The number of thiazole rings is 1. The van der Waals surface area contributed by atoms with Crippen molar-refractivity contribution in [2.75, 3.05) is 26.2 Å². The van der Waals surface area contributed by atoms with Gasteiger partial charge >= 0.3 is 0 Å². The Morgan fingerprint density at radius 2 is 1.59 bits per heavy atom. The summed E-state index contributed by atoms with van der Waals surface area (Å²) in [7, 11) is 0. The Morgan fingerprint density at radius 3 is 2.21 bits per heavy atom. The molecule has 0 bridgehead atoms. The van der Waals surface area contributed by atoms with E-state index in [1.54, 1.807) is 11.3 Å². The quantitative estimate of drug-likeness (QED) is 0.695. The van der Waals surface area contributed by atoms with E-state index in [-0.39, 0.29) is 5.91 Å². The fourth-order valence-corrected chi connectivity index (χ4v) is 6.10. The molecule has 0 spiro atoms. The molecule has 0 atom stereocenters. The summed E-state index contributed by atoms with van der Waals surface area (Å²) < 4.78 is 0. The zero-order valence-electron chi connectivity index (χ0n) is 18.0. The van der Waals surface area contributed by atoms with Crippen LogP contribution in [0.3, 0.4) is 0 Å². The number of aryl methyl sites for hydroxylation is 3. The van der Waals surface area contributed by atoms with Crippen LogP contribution in [-0.4, -0.2) is 52.9 Å². The third-order valence-electron chi connectivity index (χ3n) is 6.59. The molecule has 156 valence electrons. The Bertz CT molecular complexity index is 839. The number of benzene rings is 1. The van der Waals surface area contributed by atoms with E-state index >= 15 is 0 Å². The number of carbonyl (C=O) groups excluding carboxylic acids is 1. The molecule has 1 aromatic carbocycles. The largest absolute Gasteiger partial charge is 0.338 e. The summed E-state index contributed by atoms with van der Waals surface area (Å²) in [6.07, 6.45) is 7.63. The average Bonchev–Trinajstić information content (AvgIpc) is 2.92. The van der Waals surface area contributed by atoms with E-state index in [1.165, 1.54) is 55.5 Å². The highest BCUT2D eigenvalue weighted by Gasteiger charge is 2.29. The van der Waals surface area contributed by atoms with Gasteiger partial charge in [-0.3, -0.25) is 4.79 Å². The Morgan fingerprint density at radius 1 is 0.966 bits per heavy atom. The number of hydrogen-bond donors (Lipinski definition) is 0. The molecular weight excluding hydrogens is 378 g/mol. The number of hydrogen-bond acceptors (Lipinski definition) is 4. The van der Waals surface area contributed by atoms with E-state index in [2.05, 4.69) is 41.8 Å². The predicted octanol–water partition coefficient (Wildman–Crippen LogP) is 5.22. The summed E-state index contributed by atoms with van der Waals surface area (Å²) in [5.74, 6) is 0.173. The van der Waals surface area contributed by atoms with Gasteiger partial charge in [-0.05, 0) is 70.7 Å². The number of nitrogens with zero attached hydrogens (tertiary/aromatic N) is 3. The van der Waals surface area contributed by atoms with Crippen LogP contribution in [0, 0.1) is 20.8 Å². The molecule has 0 radical (unpaired) electrons. The van der Waals surface area contributed by atoms with Gasteiger partial charge in [0.1, 0.15) is 9.88 Å². The zero-order chi connectivity index (χ0) is 20.4. The predicted molar refractivity (Wildman–Crippen MR) is 121 cm³/mol. The van der Waals surface area contributed by atoms with Gasteiger partial charge in [-0.15, -0.1) is 11.3 Å². The van der Waals surface area contributed by atoms with Crippen molar-refractivity contribution < 1.29 is 4.79 Å². The first-order valence-electron chi connectivity index (χ1n) is 11.1. The smallest absolute Gasteiger partial charge is 0.265 e. The molecule has 1 aromatic heterocycles. The highest BCUT2D eigenvalue weighted by Crippen LogP contribution is 2.33. The van der Waals surface area contributed by atoms with Crippen LogP contribution in [-0.2, 0) is 0 Å². The van der Waals surface area contributed by atoms with E-state index in [0.29, 0.717) is 6.04 Å². The minimum absolute atomic E-state index is 0.173. The molecular formula is C24H33N3OS. The second kappa shape index (κ2) is 8.97. The van der Waals surface area contributed by atoms with Crippen molar-refractivity contribution >= 4 is 17.2 Å². The number of rotatable bonds is 3. The number of aromatic nitrogens is 1. The van der Waals surface area contributed by atoms with E-state index in [1.807, 2.05) is 6.92 Å². The van der Waals surface area contributed by atoms with Crippen molar-refractivity contribution in [3.05, 3.63) is 39.9 Å². The molecule has 0 saturated carbocycles. The first-order chi connectivity index (χ1) is 14.0. The Labute approximate surface area is 178 Å². The molecule has 4 nitrogen and oxygen atoms in total. The number of likely N-dealkylation sites (tertiary alicyclic amines) is 2. The lowest BCUT2D eigenvalue weighted by Gasteiger charge is -2.38. The highest BCUT2D eigenvalue weighted by atomic mass is 32.1. The van der Waals surface area contributed by atoms with Crippen molar-refractivity contribution in [3.63, 3.8) is 0 Å². The summed E-state index contributed by atoms with van der Waals surface area (Å²) in [6, 6.07) is 6.97. The molecule has 2 fully saturated rings. The maximum Gasteiger partial charge on any atom is 0.265 e. The third kappa shape index (κ3) is 4.41. The van der Waals surface area contributed by atoms with Gasteiger partial charge in [-0.25, -0.2) is 4.98 Å². The Balaban J connectivity index is 1.45. The van der Waals surface area contributed by atoms with Crippen LogP contribution in [0.15, 0.2) is 18.2 Å². The molecule has 2 saturated heterocycles. The van der Waals surface area contributed by atoms with Crippen molar-refractivity contribution in [1.29, 1.82) is 0 Å². The summed E-state index contributed by atoms with van der Waals surface area (Å²) >= 11 is 1.56. The standard InChI is InChI=1S/C24H33N3OS/c1-17-9-8-10-18(2)21(17)23-25-19(3)22(29-23)24(28)27-15-11-20(12-16-27)26-13-6-4-5-7-14-26/h8-10,20H,4-7,11-16H2,1-3H3. The highest BCUT2D eigenvalue weighted by molar-refractivity contribution is 7.17. The van der Waals surface area contributed by atoms with Gasteiger partial charge in [0, 0.05) is 24.7 Å². The van der Waals surface area contributed by atoms with Crippen LogP contribution >= 0.6 is 11.3 Å². The van der Waals surface area contributed by atoms with E-state index in [0.717, 1.165) is 41.5 Å². The number of carbonyl (C=O) groups is 1. The molecule has 3 heterocycles. The van der Waals surface area contributed by atoms with E-state index in [9.17, 15) is 4.79 Å². The number of amides is 1. The minimum Gasteiger partial charge on any atom is -0.338 e. The Kier molecular flexibility index (Phi) is 6.35. The lowest BCUT2D eigenvalue weighted by Crippen LogP contribution is -2.47. The van der Waals surface area contributed by atoms with Gasteiger partial charge in [0.05, 0.1) is 5.69 Å². The molecule has 4 rings (SSSR count). The molecule has 2 aliphatic rings. The fraction of sp³-hybridized carbons (Fsp3) is 0.583. The first-order valence-corrected chi connectivity index (χ1v) is 11.9. The van der Waals surface area contributed by atoms with E-state index in [4.69, 9.17) is 4.98 Å². The summed E-state index contributed by atoms with van der Waals surface area (Å²) in [4.78, 5) is 23.6. The average molecular weight is 412 g/mol. The van der Waals surface area contributed by atoms with Gasteiger partial charge in [0.15, 0.2) is 0 Å². The first kappa shape index (κ1) is 20.5. The fourth-order valence-electron chi connectivity index (χ4n) is 4.89. The second-order valence-corrected chi connectivity index (χ2v) is 9.67. The molecule has 5 heteroatoms. The second-order valence-electron chi connectivity index (χ2n) is 8.67. The van der Waals surface area contributed by atoms with Gasteiger partial charge < -0.3 is 9.80 Å². The van der Waals surface area contributed by atoms with Gasteiger partial charge in [0.2, 0.25) is 0 Å². The summed E-state index contributed by atoms with van der Waals surface area (Å²) in [5.41, 5.74) is 4.49. The summed E-state index contributed by atoms with van der Waals surface area (Å²) in [5, 5.41) is 0.973. The van der Waals surface area contributed by atoms with Crippen LogP contribution in [0.25, 0.3) is 10.6 Å². The van der Waals surface area contributed by atoms with Gasteiger partial charge in [-0.1, -0.05) is 31.0 Å². The molecule has 29 heavy (non-hydrogen) atoms. The maximum absolute atomic E-state index is 13.3. The topological polar surface area (TPSA) is 36.4 Å². The van der Waals surface area contributed by atoms with Gasteiger partial charge in [0.25, 0.3) is 5.91 Å². The van der Waals surface area contributed by atoms with Gasteiger partial charge in [-0.2, -0.15) is 0 Å². The molecule has 0 aliphatic carbocycles. The SMILES string of the molecule is Cc1cccc(C)c1-c1nc(C)c(C(=O)N2CCC(N3CCCCCC3)CC2)s1. The van der Waals surface area contributed by atoms with Crippen LogP contribution in [0.5, 0.6) is 0 Å². The maximum atomic E-state index is 13.3. The molecule has 1 amide bonds. The van der Waals surface area contributed by atoms with Crippen molar-refractivity contribution in [3.8, 4) is 10.6 Å². The van der Waals surface area contributed by atoms with Crippen LogP contribution in [0.1, 0.15) is 65.0 Å². The normalized spacial score (nSPS) is 19.3. The number of piperidine rings is 1. The lowest BCUT2D eigenvalue weighted by molar-refractivity contribution is 0.0626. The van der Waals surface area contributed by atoms with Crippen molar-refractivity contribution in [2.24, 2.45) is 0 Å². The molecule has 0 unspecified atom stereocenters. The molecule has 0 N–H and O–H groups in total. The lowest BCUT2D eigenvalue weighted by atomic mass is 10.0. The zero-order valence-corrected chi connectivity index (χ0v) is 18.9. The van der Waals surface area contributed by atoms with Crippen LogP contribution in [0.4, 0.5) is 0 Å². The van der Waals surface area contributed by atoms with Crippen LogP contribution in [0.2, 0.25) is 0 Å². The van der Waals surface area contributed by atoms with E-state index < -0.39 is 0 Å². The molecule has 2 aromatic rings. The Hall–Kier alpha value is -1.72. The van der Waals surface area contributed by atoms with Crippen molar-refractivity contribution in [1.82, 2.24) is 14.8 Å². The monoisotopic (exact) mass is 411 g/mol. The summed E-state index contributed by atoms with van der Waals surface area (Å²) in [6.45, 7) is 10.4. The minimum atomic E-state index is 0.173. The third-order valence-corrected chi connectivity index (χ3v) is 7.76. The van der Waals surface area contributed by atoms with Crippen molar-refractivity contribution in [2.45, 2.75) is 65.3 Å².